The van der Waals surface area contributed by atoms with Gasteiger partial charge in [-0.1, -0.05) is 20.8 Å². The number of nitrogens with one attached hydrogen (secondary N) is 1. The van der Waals surface area contributed by atoms with E-state index >= 15 is 0 Å². The molecule has 0 aliphatic heterocycles. The molecule has 1 aliphatic carbocycles. The van der Waals surface area contributed by atoms with Crippen molar-refractivity contribution in [2.45, 2.75) is 52.9 Å². The number of amides is 1. The normalized spacial score (nSPS) is 17.6. The van der Waals surface area contributed by atoms with Crippen LogP contribution in [0.4, 0.5) is 0 Å². The molecule has 1 rings (SSSR count). The van der Waals surface area contributed by atoms with E-state index in [4.69, 9.17) is 0 Å². The largest absolute Gasteiger partial charge is 0.481 e. The quantitative estimate of drug-likeness (QED) is 0.718. The van der Waals surface area contributed by atoms with Gasteiger partial charge in [0, 0.05) is 12.0 Å². The first-order chi connectivity index (χ1) is 7.96. The first-order valence-electron chi connectivity index (χ1n) is 6.48. The molecule has 0 bridgehead atoms. The average Bonchev–Trinajstić information content (AvgIpc) is 3.11. The highest BCUT2D eigenvalue weighted by molar-refractivity contribution is 5.86. The van der Waals surface area contributed by atoms with Gasteiger partial charge >= 0.3 is 5.97 Å². The fraction of sp³-hybridized carbons (Fsp3) is 0.846. The van der Waals surface area contributed by atoms with Gasteiger partial charge in [-0.3, -0.25) is 9.59 Å². The molecule has 0 aromatic rings. The van der Waals surface area contributed by atoms with Crippen molar-refractivity contribution in [2.24, 2.45) is 10.8 Å². The predicted octanol–water partition coefficient (Wildman–Crippen LogP) is 2.18. The van der Waals surface area contributed by atoms with E-state index in [2.05, 4.69) is 5.32 Å². The molecule has 0 radical (unpaired) electrons. The average molecular weight is 241 g/mol. The van der Waals surface area contributed by atoms with Crippen LogP contribution in [-0.2, 0) is 9.59 Å². The Balaban J connectivity index is 2.59. The van der Waals surface area contributed by atoms with E-state index in [0.29, 0.717) is 12.8 Å². The van der Waals surface area contributed by atoms with Gasteiger partial charge in [0.25, 0.3) is 0 Å². The number of rotatable bonds is 7. The third kappa shape index (κ3) is 2.61. The van der Waals surface area contributed by atoms with Crippen LogP contribution in [0.2, 0.25) is 0 Å². The van der Waals surface area contributed by atoms with E-state index in [9.17, 15) is 14.7 Å². The zero-order chi connectivity index (χ0) is 13.1. The van der Waals surface area contributed by atoms with Crippen LogP contribution in [0, 0.1) is 10.8 Å². The minimum absolute atomic E-state index is 0.0347. The number of carbonyl (C=O) groups excluding carboxylic acids is 1. The lowest BCUT2D eigenvalue weighted by Crippen LogP contribution is -2.44. The molecule has 4 heteroatoms. The Labute approximate surface area is 103 Å². The summed E-state index contributed by atoms with van der Waals surface area (Å²) < 4.78 is 0. The van der Waals surface area contributed by atoms with Gasteiger partial charge in [0.15, 0.2) is 0 Å². The molecule has 4 nitrogen and oxygen atoms in total. The highest BCUT2D eigenvalue weighted by Crippen LogP contribution is 2.48. The van der Waals surface area contributed by atoms with Gasteiger partial charge < -0.3 is 10.4 Å². The summed E-state index contributed by atoms with van der Waals surface area (Å²) >= 11 is 0. The number of carboxylic acid groups (broad SMARTS) is 1. The third-order valence-electron chi connectivity index (χ3n) is 4.41. The van der Waals surface area contributed by atoms with Crippen molar-refractivity contribution < 1.29 is 14.7 Å². The highest BCUT2D eigenvalue weighted by atomic mass is 16.4. The van der Waals surface area contributed by atoms with Crippen LogP contribution in [0.3, 0.4) is 0 Å². The summed E-state index contributed by atoms with van der Waals surface area (Å²) in [6.07, 6.45) is 3.80. The maximum absolute atomic E-state index is 12.0. The Morgan fingerprint density at radius 1 is 1.24 bits per heavy atom. The summed E-state index contributed by atoms with van der Waals surface area (Å²) in [6.45, 7) is 5.97. The topological polar surface area (TPSA) is 66.4 Å². The summed E-state index contributed by atoms with van der Waals surface area (Å²) in [5.74, 6) is -0.781. The molecule has 0 aromatic carbocycles. The van der Waals surface area contributed by atoms with Crippen molar-refractivity contribution in [3.63, 3.8) is 0 Å². The van der Waals surface area contributed by atoms with Crippen LogP contribution < -0.4 is 5.32 Å². The molecule has 2 N–H and O–H groups in total. The third-order valence-corrected chi connectivity index (χ3v) is 4.41. The monoisotopic (exact) mass is 241 g/mol. The van der Waals surface area contributed by atoms with Crippen molar-refractivity contribution in [2.75, 3.05) is 6.54 Å². The minimum Gasteiger partial charge on any atom is -0.481 e. The van der Waals surface area contributed by atoms with Crippen LogP contribution in [0.25, 0.3) is 0 Å². The second kappa shape index (κ2) is 5.07. The summed E-state index contributed by atoms with van der Waals surface area (Å²) in [5, 5.41) is 12.1. The summed E-state index contributed by atoms with van der Waals surface area (Å²) in [7, 11) is 0. The van der Waals surface area contributed by atoms with Crippen LogP contribution >= 0.6 is 0 Å². The highest BCUT2D eigenvalue weighted by Gasteiger charge is 2.48. The van der Waals surface area contributed by atoms with Gasteiger partial charge in [-0.2, -0.15) is 0 Å². The van der Waals surface area contributed by atoms with E-state index in [1.165, 1.54) is 0 Å². The molecule has 0 saturated heterocycles. The molecular formula is C13H23NO3. The van der Waals surface area contributed by atoms with Gasteiger partial charge in [-0.15, -0.1) is 0 Å². The number of aliphatic carboxylic acids is 1. The lowest BCUT2D eigenvalue weighted by atomic mass is 9.82. The van der Waals surface area contributed by atoms with Gasteiger partial charge in [0.2, 0.25) is 5.91 Å². The zero-order valence-electron chi connectivity index (χ0n) is 11.0. The summed E-state index contributed by atoms with van der Waals surface area (Å²) in [6, 6.07) is 0. The molecular weight excluding hydrogens is 218 g/mol. The molecule has 1 saturated carbocycles. The first-order valence-corrected chi connectivity index (χ1v) is 6.48. The summed E-state index contributed by atoms with van der Waals surface area (Å²) in [4.78, 5) is 23.2. The van der Waals surface area contributed by atoms with Crippen LogP contribution in [-0.4, -0.2) is 23.5 Å². The van der Waals surface area contributed by atoms with Crippen molar-refractivity contribution in [3.05, 3.63) is 0 Å². The van der Waals surface area contributed by atoms with Crippen molar-refractivity contribution in [1.29, 1.82) is 0 Å². The maximum atomic E-state index is 12.0. The standard InChI is InChI=1S/C13H23NO3/c1-4-12(5-2,11(16)17)9-14-10(15)13(6-3)7-8-13/h4-9H2,1-3H3,(H,14,15)(H,16,17). The Hall–Kier alpha value is -1.06. The number of hydrogen-bond acceptors (Lipinski definition) is 2. The Morgan fingerprint density at radius 2 is 1.76 bits per heavy atom. The molecule has 0 spiro atoms. The van der Waals surface area contributed by atoms with Crippen molar-refractivity contribution in [1.82, 2.24) is 5.32 Å². The predicted molar refractivity (Wildman–Crippen MR) is 65.6 cm³/mol. The van der Waals surface area contributed by atoms with E-state index in [-0.39, 0.29) is 17.9 Å². The molecule has 17 heavy (non-hydrogen) atoms. The van der Waals surface area contributed by atoms with Crippen molar-refractivity contribution in [3.8, 4) is 0 Å². The lowest BCUT2D eigenvalue weighted by molar-refractivity contribution is -0.149. The molecule has 0 unspecified atom stereocenters. The molecule has 1 fully saturated rings. The fourth-order valence-electron chi connectivity index (χ4n) is 2.21. The minimum atomic E-state index is -0.816. The van der Waals surface area contributed by atoms with Gasteiger partial charge in [-0.05, 0) is 32.1 Å². The van der Waals surface area contributed by atoms with Crippen LogP contribution in [0.15, 0.2) is 0 Å². The number of carboxylic acids is 1. The Morgan fingerprint density at radius 3 is 2.06 bits per heavy atom. The number of hydrogen-bond donors (Lipinski definition) is 2. The van der Waals surface area contributed by atoms with Crippen LogP contribution in [0.5, 0.6) is 0 Å². The second-order valence-corrected chi connectivity index (χ2v) is 5.11. The van der Waals surface area contributed by atoms with Gasteiger partial charge in [0.05, 0.1) is 5.41 Å². The first kappa shape index (κ1) is 14.0. The molecule has 0 atom stereocenters. The zero-order valence-corrected chi connectivity index (χ0v) is 11.0. The SMILES string of the molecule is CCC(CC)(CNC(=O)C1(CC)CC1)C(=O)O. The lowest BCUT2D eigenvalue weighted by Gasteiger charge is -2.27. The fourth-order valence-corrected chi connectivity index (χ4v) is 2.21. The van der Waals surface area contributed by atoms with E-state index in [1.807, 2.05) is 20.8 Å². The number of carbonyl (C=O) groups is 2. The maximum Gasteiger partial charge on any atom is 0.311 e. The molecule has 0 heterocycles. The molecule has 98 valence electrons. The molecule has 1 aliphatic rings. The Kier molecular flexibility index (Phi) is 4.17. The summed E-state index contributed by atoms with van der Waals surface area (Å²) in [5.41, 5.74) is -0.995. The molecule has 1 amide bonds. The molecule has 0 aromatic heterocycles. The van der Waals surface area contributed by atoms with E-state index in [0.717, 1.165) is 19.3 Å². The smallest absolute Gasteiger partial charge is 0.311 e. The van der Waals surface area contributed by atoms with Crippen molar-refractivity contribution >= 4 is 11.9 Å². The van der Waals surface area contributed by atoms with E-state index < -0.39 is 11.4 Å². The van der Waals surface area contributed by atoms with Crippen LogP contribution in [0.1, 0.15) is 52.9 Å². The Bertz CT molecular complexity index is 304. The van der Waals surface area contributed by atoms with Gasteiger partial charge in [-0.25, -0.2) is 0 Å². The van der Waals surface area contributed by atoms with E-state index in [1.54, 1.807) is 0 Å². The van der Waals surface area contributed by atoms with Gasteiger partial charge in [0.1, 0.15) is 0 Å². The second-order valence-electron chi connectivity index (χ2n) is 5.11.